The fourth-order valence-electron chi connectivity index (χ4n) is 3.36. The van der Waals surface area contributed by atoms with Crippen LogP contribution < -0.4 is 15.1 Å². The quantitative estimate of drug-likeness (QED) is 0.872. The van der Waals surface area contributed by atoms with Gasteiger partial charge in [-0.15, -0.1) is 0 Å². The molecule has 4 rings (SSSR count). The van der Waals surface area contributed by atoms with Crippen LogP contribution in [0.5, 0.6) is 0 Å². The third kappa shape index (κ3) is 3.23. The van der Waals surface area contributed by atoms with E-state index < -0.39 is 0 Å². The minimum absolute atomic E-state index is 0.360. The minimum Gasteiger partial charge on any atom is -0.381 e. The van der Waals surface area contributed by atoms with E-state index in [0.717, 1.165) is 68.8 Å². The second kappa shape index (κ2) is 6.83. The summed E-state index contributed by atoms with van der Waals surface area (Å²) in [5.74, 6) is 2.83. The highest BCUT2D eigenvalue weighted by atomic mass is 16.6. The molecule has 0 bridgehead atoms. The molecule has 2 saturated heterocycles. The van der Waals surface area contributed by atoms with Crippen LogP contribution in [0.2, 0.25) is 0 Å². The van der Waals surface area contributed by atoms with Gasteiger partial charge in [0.15, 0.2) is 5.82 Å². The molecule has 2 aliphatic heterocycles. The first-order valence-electron chi connectivity index (χ1n) is 8.68. The SMILES string of the molecule is CNc1nc(C2CCOC2)cc(N2CCN(c3nonc3C)CC2)n1. The highest BCUT2D eigenvalue weighted by Crippen LogP contribution is 2.28. The second-order valence-electron chi connectivity index (χ2n) is 6.43. The molecule has 0 amide bonds. The standard InChI is InChI=1S/C16H23N7O2/c1-11-15(21-25-20-11)23-6-4-22(5-7-23)14-9-13(12-3-8-24-10-12)18-16(17-2)19-14/h9,12H,3-8,10H2,1-2H3,(H,17,18,19). The van der Waals surface area contributed by atoms with Gasteiger partial charge in [-0.1, -0.05) is 5.16 Å². The van der Waals surface area contributed by atoms with Gasteiger partial charge in [0, 0.05) is 51.8 Å². The summed E-state index contributed by atoms with van der Waals surface area (Å²) < 4.78 is 10.3. The predicted molar refractivity (Wildman–Crippen MR) is 93.2 cm³/mol. The van der Waals surface area contributed by atoms with Crippen LogP contribution in [0.15, 0.2) is 10.7 Å². The zero-order valence-corrected chi connectivity index (χ0v) is 14.6. The van der Waals surface area contributed by atoms with Gasteiger partial charge in [-0.2, -0.15) is 4.98 Å². The molecule has 0 spiro atoms. The number of nitrogens with zero attached hydrogens (tertiary/aromatic N) is 6. The number of piperazine rings is 1. The van der Waals surface area contributed by atoms with E-state index in [2.05, 4.69) is 41.5 Å². The maximum absolute atomic E-state index is 5.51. The fraction of sp³-hybridized carbons (Fsp3) is 0.625. The molecule has 25 heavy (non-hydrogen) atoms. The van der Waals surface area contributed by atoms with E-state index in [0.29, 0.717) is 11.9 Å². The lowest BCUT2D eigenvalue weighted by Crippen LogP contribution is -2.47. The van der Waals surface area contributed by atoms with Crippen molar-refractivity contribution < 1.29 is 9.37 Å². The van der Waals surface area contributed by atoms with Crippen molar-refractivity contribution >= 4 is 17.6 Å². The molecule has 0 aliphatic carbocycles. The van der Waals surface area contributed by atoms with Gasteiger partial charge in [-0.3, -0.25) is 0 Å². The van der Waals surface area contributed by atoms with Crippen LogP contribution in [-0.2, 0) is 4.74 Å². The zero-order chi connectivity index (χ0) is 17.2. The number of aromatic nitrogens is 4. The highest BCUT2D eigenvalue weighted by Gasteiger charge is 2.25. The molecule has 9 nitrogen and oxygen atoms in total. The first kappa shape index (κ1) is 16.1. The van der Waals surface area contributed by atoms with E-state index in [-0.39, 0.29) is 0 Å². The van der Waals surface area contributed by atoms with Crippen molar-refractivity contribution in [1.82, 2.24) is 20.3 Å². The number of anilines is 3. The summed E-state index contributed by atoms with van der Waals surface area (Å²) in [5.41, 5.74) is 1.89. The van der Waals surface area contributed by atoms with Crippen LogP contribution in [0.1, 0.15) is 23.7 Å². The molecule has 134 valence electrons. The molecule has 0 aromatic carbocycles. The first-order valence-corrected chi connectivity index (χ1v) is 8.68. The van der Waals surface area contributed by atoms with Crippen molar-refractivity contribution in [2.24, 2.45) is 0 Å². The van der Waals surface area contributed by atoms with Gasteiger partial charge in [0.05, 0.1) is 12.3 Å². The number of ether oxygens (including phenoxy) is 1. The van der Waals surface area contributed by atoms with Crippen molar-refractivity contribution in [1.29, 1.82) is 0 Å². The Labute approximate surface area is 146 Å². The van der Waals surface area contributed by atoms with Crippen molar-refractivity contribution in [2.45, 2.75) is 19.3 Å². The number of aryl methyl sites for hydroxylation is 1. The number of hydrogen-bond donors (Lipinski definition) is 1. The van der Waals surface area contributed by atoms with Crippen molar-refractivity contribution in [3.8, 4) is 0 Å². The summed E-state index contributed by atoms with van der Waals surface area (Å²) in [6.07, 6.45) is 1.02. The number of rotatable bonds is 4. The first-order chi connectivity index (χ1) is 12.2. The summed E-state index contributed by atoms with van der Waals surface area (Å²) in [7, 11) is 1.85. The molecule has 2 aromatic rings. The Morgan fingerprint density at radius 1 is 1.12 bits per heavy atom. The Bertz CT molecular complexity index is 721. The fourth-order valence-corrected chi connectivity index (χ4v) is 3.36. The molecule has 1 unspecified atom stereocenters. The molecular formula is C16H23N7O2. The van der Waals surface area contributed by atoms with Crippen molar-refractivity contribution in [3.63, 3.8) is 0 Å². The molecule has 4 heterocycles. The maximum Gasteiger partial charge on any atom is 0.224 e. The van der Waals surface area contributed by atoms with E-state index in [9.17, 15) is 0 Å². The molecule has 2 aliphatic rings. The van der Waals surface area contributed by atoms with E-state index in [1.165, 1.54) is 0 Å². The smallest absolute Gasteiger partial charge is 0.224 e. The van der Waals surface area contributed by atoms with Crippen LogP contribution in [0.25, 0.3) is 0 Å². The normalized spacial score (nSPS) is 21.0. The summed E-state index contributed by atoms with van der Waals surface area (Å²) in [4.78, 5) is 13.8. The summed E-state index contributed by atoms with van der Waals surface area (Å²) in [5, 5.41) is 10.9. The molecule has 2 fully saturated rings. The molecule has 0 saturated carbocycles. The van der Waals surface area contributed by atoms with Gasteiger partial charge in [-0.25, -0.2) is 9.61 Å². The van der Waals surface area contributed by atoms with Gasteiger partial charge in [0.25, 0.3) is 0 Å². The average molecular weight is 345 g/mol. The Morgan fingerprint density at radius 3 is 2.56 bits per heavy atom. The average Bonchev–Trinajstić information content (AvgIpc) is 3.33. The lowest BCUT2D eigenvalue weighted by molar-refractivity contribution is 0.193. The molecule has 9 heteroatoms. The van der Waals surface area contributed by atoms with Gasteiger partial charge in [0.1, 0.15) is 11.5 Å². The topological polar surface area (TPSA) is 92.4 Å². The zero-order valence-electron chi connectivity index (χ0n) is 14.6. The Kier molecular flexibility index (Phi) is 4.39. The van der Waals surface area contributed by atoms with E-state index >= 15 is 0 Å². The van der Waals surface area contributed by atoms with Crippen LogP contribution in [-0.4, -0.2) is 66.7 Å². The lowest BCUT2D eigenvalue weighted by atomic mass is 10.0. The van der Waals surface area contributed by atoms with E-state index in [4.69, 9.17) is 9.37 Å². The molecule has 1 atom stereocenters. The Hall–Kier alpha value is -2.42. The molecule has 0 radical (unpaired) electrons. The van der Waals surface area contributed by atoms with Gasteiger partial charge >= 0.3 is 0 Å². The molecule has 2 aromatic heterocycles. The molecular weight excluding hydrogens is 322 g/mol. The summed E-state index contributed by atoms with van der Waals surface area (Å²) in [6.45, 7) is 6.91. The second-order valence-corrected chi connectivity index (χ2v) is 6.43. The van der Waals surface area contributed by atoms with Crippen LogP contribution in [0, 0.1) is 6.92 Å². The third-order valence-corrected chi connectivity index (χ3v) is 4.84. The predicted octanol–water partition coefficient (Wildman–Crippen LogP) is 1.04. The number of hydrogen-bond acceptors (Lipinski definition) is 9. The van der Waals surface area contributed by atoms with Gasteiger partial charge in [0.2, 0.25) is 5.95 Å². The van der Waals surface area contributed by atoms with E-state index in [1.54, 1.807) is 0 Å². The largest absolute Gasteiger partial charge is 0.381 e. The van der Waals surface area contributed by atoms with E-state index in [1.807, 2.05) is 14.0 Å². The lowest BCUT2D eigenvalue weighted by Gasteiger charge is -2.35. The minimum atomic E-state index is 0.360. The van der Waals surface area contributed by atoms with Gasteiger partial charge in [-0.05, 0) is 18.5 Å². The molecule has 1 N–H and O–H groups in total. The van der Waals surface area contributed by atoms with Crippen LogP contribution in [0.4, 0.5) is 17.6 Å². The van der Waals surface area contributed by atoms with Crippen molar-refractivity contribution in [2.75, 3.05) is 61.6 Å². The number of nitrogens with one attached hydrogen (secondary N) is 1. The summed E-state index contributed by atoms with van der Waals surface area (Å²) in [6, 6.07) is 2.11. The summed E-state index contributed by atoms with van der Waals surface area (Å²) >= 11 is 0. The third-order valence-electron chi connectivity index (χ3n) is 4.84. The van der Waals surface area contributed by atoms with Crippen molar-refractivity contribution in [3.05, 3.63) is 17.5 Å². The van der Waals surface area contributed by atoms with Crippen LogP contribution in [0.3, 0.4) is 0 Å². The van der Waals surface area contributed by atoms with Gasteiger partial charge < -0.3 is 19.9 Å². The van der Waals surface area contributed by atoms with Crippen LogP contribution >= 0.6 is 0 Å². The monoisotopic (exact) mass is 345 g/mol. The highest BCUT2D eigenvalue weighted by molar-refractivity contribution is 5.49. The Balaban J connectivity index is 1.50. The Morgan fingerprint density at radius 2 is 1.92 bits per heavy atom. The maximum atomic E-state index is 5.51.